The molecule has 0 bridgehead atoms. The van der Waals surface area contributed by atoms with Crippen molar-refractivity contribution < 1.29 is 4.79 Å². The Hall–Kier alpha value is -3.65. The SMILES string of the molecule is CC(C=CC1=C(C)C(n2ccnc2)CCC1(C)C)=CC=CC(C)=CC(=O)n1cnc2c(ncn2C)c1=S. The Morgan fingerprint density at radius 1 is 1.14 bits per heavy atom. The van der Waals surface area contributed by atoms with Crippen LogP contribution in [-0.2, 0) is 7.05 Å². The van der Waals surface area contributed by atoms with E-state index in [4.69, 9.17) is 12.2 Å². The molecule has 37 heavy (non-hydrogen) atoms. The van der Waals surface area contributed by atoms with Crippen molar-refractivity contribution in [2.75, 3.05) is 0 Å². The van der Waals surface area contributed by atoms with E-state index in [9.17, 15) is 4.79 Å². The maximum Gasteiger partial charge on any atom is 0.257 e. The topological polar surface area (TPSA) is 70.5 Å². The molecule has 0 aromatic carbocycles. The molecule has 1 aliphatic carbocycles. The van der Waals surface area contributed by atoms with E-state index in [1.54, 1.807) is 17.0 Å². The lowest BCUT2D eigenvalue weighted by Crippen LogP contribution is -2.25. The van der Waals surface area contributed by atoms with Gasteiger partial charge in [0.1, 0.15) is 16.5 Å². The smallest absolute Gasteiger partial charge is 0.257 e. The molecule has 0 spiro atoms. The number of fused-ring (bicyclic) bond motifs is 1. The molecule has 0 aliphatic heterocycles. The van der Waals surface area contributed by atoms with E-state index in [0.717, 1.165) is 24.0 Å². The number of carbonyl (C=O) groups excluding carboxylic acids is 1. The van der Waals surface area contributed by atoms with Gasteiger partial charge in [-0.25, -0.2) is 15.0 Å². The third-order valence-electron chi connectivity index (χ3n) is 7.02. The molecule has 8 heteroatoms. The number of hydrogen-bond donors (Lipinski definition) is 0. The second-order valence-electron chi connectivity index (χ2n) is 10.3. The highest BCUT2D eigenvalue weighted by molar-refractivity contribution is 7.71. The van der Waals surface area contributed by atoms with Crippen LogP contribution in [0, 0.1) is 10.1 Å². The van der Waals surface area contributed by atoms with Gasteiger partial charge < -0.3 is 9.13 Å². The van der Waals surface area contributed by atoms with E-state index in [0.29, 0.717) is 21.8 Å². The number of aryl methyl sites for hydroxylation is 1. The molecule has 4 rings (SSSR count). The van der Waals surface area contributed by atoms with E-state index >= 15 is 0 Å². The maximum absolute atomic E-state index is 12.8. The fourth-order valence-electron chi connectivity index (χ4n) is 4.84. The summed E-state index contributed by atoms with van der Waals surface area (Å²) in [4.78, 5) is 25.6. The zero-order valence-corrected chi connectivity index (χ0v) is 23.2. The minimum atomic E-state index is -0.248. The predicted molar refractivity (Wildman–Crippen MR) is 151 cm³/mol. The summed E-state index contributed by atoms with van der Waals surface area (Å²) in [7, 11) is 1.84. The van der Waals surface area contributed by atoms with Crippen LogP contribution in [0.15, 0.2) is 90.1 Å². The van der Waals surface area contributed by atoms with Gasteiger partial charge in [0.25, 0.3) is 5.91 Å². The highest BCUT2D eigenvalue weighted by atomic mass is 32.1. The first kappa shape index (κ1) is 26.4. The van der Waals surface area contributed by atoms with Gasteiger partial charge in [0.15, 0.2) is 5.65 Å². The molecule has 0 amide bonds. The number of nitrogens with zero attached hydrogens (tertiary/aromatic N) is 6. The largest absolute Gasteiger partial charge is 0.330 e. The third-order valence-corrected chi connectivity index (χ3v) is 7.41. The monoisotopic (exact) mass is 514 g/mol. The molecule has 0 saturated carbocycles. The Balaban J connectivity index is 1.47. The summed E-state index contributed by atoms with van der Waals surface area (Å²) in [6.45, 7) is 10.8. The number of imidazole rings is 2. The summed E-state index contributed by atoms with van der Waals surface area (Å²) in [5.74, 6) is -0.248. The van der Waals surface area contributed by atoms with E-state index < -0.39 is 0 Å². The molecule has 7 nitrogen and oxygen atoms in total. The first-order valence-corrected chi connectivity index (χ1v) is 12.8. The van der Waals surface area contributed by atoms with Crippen molar-refractivity contribution in [2.24, 2.45) is 12.5 Å². The van der Waals surface area contributed by atoms with Crippen molar-refractivity contribution in [3.05, 3.63) is 94.8 Å². The van der Waals surface area contributed by atoms with Gasteiger partial charge in [-0.1, -0.05) is 62.0 Å². The molecule has 3 aromatic heterocycles. The normalized spacial score (nSPS) is 19.0. The second kappa shape index (κ2) is 10.8. The van der Waals surface area contributed by atoms with Crippen molar-refractivity contribution in [1.82, 2.24) is 28.7 Å². The lowest BCUT2D eigenvalue weighted by Gasteiger charge is -2.37. The van der Waals surface area contributed by atoms with Crippen LogP contribution in [0.2, 0.25) is 0 Å². The highest BCUT2D eigenvalue weighted by Gasteiger charge is 2.32. The molecule has 3 aromatic rings. The van der Waals surface area contributed by atoms with Gasteiger partial charge in [-0.15, -0.1) is 0 Å². The van der Waals surface area contributed by atoms with Gasteiger partial charge in [-0.05, 0) is 55.7 Å². The van der Waals surface area contributed by atoms with Crippen LogP contribution in [0.3, 0.4) is 0 Å². The molecule has 192 valence electrons. The quantitative estimate of drug-likeness (QED) is 0.207. The van der Waals surface area contributed by atoms with E-state index in [1.165, 1.54) is 22.0 Å². The fraction of sp³-hybridized carbons (Fsp3) is 0.345. The Labute approximate surface area is 223 Å². The summed E-state index contributed by atoms with van der Waals surface area (Å²) in [5.41, 5.74) is 6.04. The van der Waals surface area contributed by atoms with Crippen molar-refractivity contribution in [2.45, 2.75) is 53.5 Å². The second-order valence-corrected chi connectivity index (χ2v) is 10.7. The summed E-state index contributed by atoms with van der Waals surface area (Å²) < 4.78 is 5.69. The van der Waals surface area contributed by atoms with Crippen LogP contribution in [0.4, 0.5) is 0 Å². The molecule has 1 aliphatic rings. The molecule has 0 fully saturated rings. The standard InChI is InChI=1S/C29H34N6OS/c1-20(10-11-23-22(3)24(12-13-29(23,4)5)34-15-14-30-17-34)8-7-9-21(2)16-25(36)35-19-32-27-26(28(35)37)31-18-33(27)6/h7-11,14-19,24H,12-13H2,1-6H3. The number of aromatic nitrogens is 6. The average molecular weight is 515 g/mol. The molecule has 0 N–H and O–H groups in total. The number of rotatable bonds is 6. The zero-order chi connectivity index (χ0) is 26.7. The van der Waals surface area contributed by atoms with Crippen LogP contribution in [-0.4, -0.2) is 34.6 Å². The molecular formula is C29H34N6OS. The molecule has 0 saturated heterocycles. The Morgan fingerprint density at radius 2 is 1.92 bits per heavy atom. The summed E-state index contributed by atoms with van der Waals surface area (Å²) in [6, 6.07) is 0.353. The van der Waals surface area contributed by atoms with Gasteiger partial charge in [0, 0.05) is 25.5 Å². The first-order valence-electron chi connectivity index (χ1n) is 12.4. The maximum atomic E-state index is 12.8. The fourth-order valence-corrected chi connectivity index (χ4v) is 5.12. The minimum Gasteiger partial charge on any atom is -0.330 e. The van der Waals surface area contributed by atoms with Crippen LogP contribution in [0.5, 0.6) is 0 Å². The molecule has 0 radical (unpaired) electrons. The number of carbonyl (C=O) groups is 1. The van der Waals surface area contributed by atoms with Crippen molar-refractivity contribution in [3.8, 4) is 0 Å². The van der Waals surface area contributed by atoms with Crippen LogP contribution >= 0.6 is 12.2 Å². The Kier molecular flexibility index (Phi) is 7.68. The predicted octanol–water partition coefficient (Wildman–Crippen LogP) is 6.72. The summed E-state index contributed by atoms with van der Waals surface area (Å²) in [5, 5.41) is 0. The molecule has 3 heterocycles. The first-order chi connectivity index (χ1) is 17.6. The van der Waals surface area contributed by atoms with Crippen molar-refractivity contribution in [3.63, 3.8) is 0 Å². The summed E-state index contributed by atoms with van der Waals surface area (Å²) >= 11 is 5.45. The van der Waals surface area contributed by atoms with Crippen molar-refractivity contribution >= 4 is 29.3 Å². The molecular weight excluding hydrogens is 480 g/mol. The van der Waals surface area contributed by atoms with E-state index in [2.05, 4.69) is 59.4 Å². The van der Waals surface area contributed by atoms with Gasteiger partial charge >= 0.3 is 0 Å². The average Bonchev–Trinajstić information content (AvgIpc) is 3.49. The van der Waals surface area contributed by atoms with E-state index in [1.807, 2.05) is 50.9 Å². The Bertz CT molecular complexity index is 1530. The van der Waals surface area contributed by atoms with Crippen LogP contribution in [0.1, 0.15) is 58.3 Å². The van der Waals surface area contributed by atoms with Gasteiger partial charge in [-0.3, -0.25) is 9.36 Å². The van der Waals surface area contributed by atoms with Gasteiger partial charge in [0.05, 0.1) is 18.7 Å². The minimum absolute atomic E-state index is 0.127. The van der Waals surface area contributed by atoms with Crippen LogP contribution < -0.4 is 0 Å². The third kappa shape index (κ3) is 5.69. The zero-order valence-electron chi connectivity index (χ0n) is 22.3. The lowest BCUT2D eigenvalue weighted by atomic mass is 9.71. The summed E-state index contributed by atoms with van der Waals surface area (Å²) in [6.07, 6.45) is 23.0. The van der Waals surface area contributed by atoms with Crippen molar-refractivity contribution in [1.29, 1.82) is 0 Å². The van der Waals surface area contributed by atoms with Gasteiger partial charge in [0.2, 0.25) is 0 Å². The number of hydrogen-bond acceptors (Lipinski definition) is 5. The lowest BCUT2D eigenvalue weighted by molar-refractivity contribution is 0.0965. The van der Waals surface area contributed by atoms with E-state index in [-0.39, 0.29) is 11.3 Å². The van der Waals surface area contributed by atoms with Gasteiger partial charge in [-0.2, -0.15) is 0 Å². The number of allylic oxidation sites excluding steroid dienone is 10. The van der Waals surface area contributed by atoms with Crippen LogP contribution in [0.25, 0.3) is 11.2 Å². The highest BCUT2D eigenvalue weighted by Crippen LogP contribution is 2.45. The molecule has 1 unspecified atom stereocenters. The Morgan fingerprint density at radius 3 is 2.65 bits per heavy atom. The molecule has 1 atom stereocenters.